The molecule has 0 saturated heterocycles. The minimum atomic E-state index is -4.45. The van der Waals surface area contributed by atoms with E-state index in [2.05, 4.69) is 6.92 Å². The molecule has 38 heavy (non-hydrogen) atoms. The molecule has 3 rings (SSSR count). The van der Waals surface area contributed by atoms with E-state index in [0.29, 0.717) is 36.4 Å². The quantitative estimate of drug-likeness (QED) is 0.259. The molecule has 0 aliphatic heterocycles. The van der Waals surface area contributed by atoms with Crippen LogP contribution in [-0.4, -0.2) is 19.5 Å². The standard InChI is InChI=1S/C27H31F4NO.C4H10O/c1-3-21(22-5-4-6-24(17(22)2)27(29,30)31)26(33)14-10-18-7-11-20(12-8-18)23-15-19(16-32)9-13-25(23)28;1-3-4-5-2/h3-6,9,13,15,18,20H,7-8,10-12,14,16,32H2,1-2H3;3-4H2,1-2H3/b21-3+;. The van der Waals surface area contributed by atoms with Gasteiger partial charge in [0.05, 0.1) is 5.56 Å². The predicted octanol–water partition coefficient (Wildman–Crippen LogP) is 8.38. The van der Waals surface area contributed by atoms with Crippen LogP contribution in [0.3, 0.4) is 0 Å². The van der Waals surface area contributed by atoms with Gasteiger partial charge in [-0.25, -0.2) is 4.39 Å². The lowest BCUT2D eigenvalue weighted by Gasteiger charge is -2.29. The smallest absolute Gasteiger partial charge is 0.385 e. The minimum Gasteiger partial charge on any atom is -0.385 e. The van der Waals surface area contributed by atoms with Crippen molar-refractivity contribution in [3.05, 3.63) is 76.1 Å². The summed E-state index contributed by atoms with van der Waals surface area (Å²) >= 11 is 0. The van der Waals surface area contributed by atoms with Crippen LogP contribution in [0.25, 0.3) is 5.57 Å². The van der Waals surface area contributed by atoms with Gasteiger partial charge < -0.3 is 10.5 Å². The second kappa shape index (κ2) is 15.2. The van der Waals surface area contributed by atoms with E-state index in [1.165, 1.54) is 19.1 Å². The van der Waals surface area contributed by atoms with Crippen LogP contribution in [0, 0.1) is 18.7 Å². The van der Waals surface area contributed by atoms with Gasteiger partial charge in [0.2, 0.25) is 0 Å². The second-order valence-corrected chi connectivity index (χ2v) is 9.91. The molecule has 0 heterocycles. The van der Waals surface area contributed by atoms with Crippen LogP contribution >= 0.6 is 0 Å². The minimum absolute atomic E-state index is 0.0775. The molecule has 210 valence electrons. The average molecular weight is 536 g/mol. The Morgan fingerprint density at radius 3 is 2.34 bits per heavy atom. The lowest BCUT2D eigenvalue weighted by atomic mass is 9.76. The molecule has 0 bridgehead atoms. The van der Waals surface area contributed by atoms with Crippen LogP contribution in [-0.2, 0) is 22.3 Å². The largest absolute Gasteiger partial charge is 0.416 e. The molecule has 0 atom stereocenters. The number of methoxy groups -OCH3 is 1. The van der Waals surface area contributed by atoms with E-state index in [1.54, 1.807) is 32.2 Å². The summed E-state index contributed by atoms with van der Waals surface area (Å²) < 4.78 is 58.8. The SMILES string of the molecule is C/C=C(/C(=O)CCC1CCC(c2cc(CN)ccc2F)CC1)c1cccc(C(F)(F)F)c1C.CCCOC. The monoisotopic (exact) mass is 535 g/mol. The maximum Gasteiger partial charge on any atom is 0.416 e. The van der Waals surface area contributed by atoms with Crippen molar-refractivity contribution in [1.29, 1.82) is 0 Å². The van der Waals surface area contributed by atoms with Crippen molar-refractivity contribution in [1.82, 2.24) is 0 Å². The summed E-state index contributed by atoms with van der Waals surface area (Å²) in [6, 6.07) is 9.02. The van der Waals surface area contributed by atoms with Crippen LogP contribution in [0.2, 0.25) is 0 Å². The summed E-state index contributed by atoms with van der Waals surface area (Å²) in [4.78, 5) is 12.9. The zero-order valence-corrected chi connectivity index (χ0v) is 23.0. The second-order valence-electron chi connectivity index (χ2n) is 9.91. The summed E-state index contributed by atoms with van der Waals surface area (Å²) in [5, 5.41) is 0. The molecular weight excluding hydrogens is 494 g/mol. The fourth-order valence-electron chi connectivity index (χ4n) is 5.17. The normalized spacial score (nSPS) is 18.1. The van der Waals surface area contributed by atoms with Gasteiger partial charge in [-0.3, -0.25) is 4.79 Å². The molecule has 0 spiro atoms. The molecule has 0 unspecified atom stereocenters. The van der Waals surface area contributed by atoms with Gasteiger partial charge in [-0.15, -0.1) is 0 Å². The molecule has 3 nitrogen and oxygen atoms in total. The number of carbonyl (C=O) groups excluding carboxylic acids is 1. The number of hydrogen-bond donors (Lipinski definition) is 1. The third kappa shape index (κ3) is 8.77. The van der Waals surface area contributed by atoms with Crippen molar-refractivity contribution in [2.24, 2.45) is 11.7 Å². The maximum absolute atomic E-state index is 14.3. The highest BCUT2D eigenvalue weighted by Gasteiger charge is 2.33. The van der Waals surface area contributed by atoms with Crippen LogP contribution in [0.15, 0.2) is 42.5 Å². The molecule has 2 aromatic rings. The van der Waals surface area contributed by atoms with Crippen LogP contribution in [0.5, 0.6) is 0 Å². The summed E-state index contributed by atoms with van der Waals surface area (Å²) in [5.41, 5.74) is 7.39. The number of ether oxygens (including phenoxy) is 1. The fourth-order valence-corrected chi connectivity index (χ4v) is 5.17. The Bertz CT molecular complexity index is 1070. The van der Waals surface area contributed by atoms with Crippen molar-refractivity contribution in [3.8, 4) is 0 Å². The Morgan fingerprint density at radius 1 is 1.13 bits per heavy atom. The van der Waals surface area contributed by atoms with Gasteiger partial charge in [0, 0.05) is 32.3 Å². The lowest BCUT2D eigenvalue weighted by molar-refractivity contribution is -0.138. The number of ketones is 1. The van der Waals surface area contributed by atoms with Gasteiger partial charge in [-0.05, 0) is 98.6 Å². The van der Waals surface area contributed by atoms with Crippen molar-refractivity contribution < 1.29 is 27.1 Å². The Morgan fingerprint density at radius 2 is 1.82 bits per heavy atom. The van der Waals surface area contributed by atoms with E-state index in [4.69, 9.17) is 10.5 Å². The topological polar surface area (TPSA) is 52.3 Å². The number of nitrogens with two attached hydrogens (primary N) is 1. The van der Waals surface area contributed by atoms with Gasteiger partial charge in [-0.2, -0.15) is 13.2 Å². The van der Waals surface area contributed by atoms with Crippen LogP contribution < -0.4 is 5.73 Å². The molecule has 0 aromatic heterocycles. The van der Waals surface area contributed by atoms with E-state index in [-0.39, 0.29) is 23.1 Å². The summed E-state index contributed by atoms with van der Waals surface area (Å²) in [7, 11) is 1.71. The third-order valence-electron chi connectivity index (χ3n) is 7.29. The number of alkyl halides is 3. The summed E-state index contributed by atoms with van der Waals surface area (Å²) in [5.74, 6) is 0.178. The molecule has 7 heteroatoms. The zero-order chi connectivity index (χ0) is 28.3. The van der Waals surface area contributed by atoms with Gasteiger partial charge >= 0.3 is 6.18 Å². The van der Waals surface area contributed by atoms with Gasteiger partial charge in [0.1, 0.15) is 5.82 Å². The first-order valence-corrected chi connectivity index (χ1v) is 13.4. The molecule has 1 aliphatic carbocycles. The molecular formula is C31H41F4NO2. The first-order valence-electron chi connectivity index (χ1n) is 13.4. The van der Waals surface area contributed by atoms with E-state index in [0.717, 1.165) is 55.9 Å². The molecule has 0 radical (unpaired) electrons. The van der Waals surface area contributed by atoms with E-state index in [9.17, 15) is 22.4 Å². The average Bonchev–Trinajstić information content (AvgIpc) is 2.89. The molecule has 0 amide bonds. The fraction of sp³-hybridized carbons (Fsp3) is 0.516. The number of halogens is 4. The molecule has 1 fully saturated rings. The third-order valence-corrected chi connectivity index (χ3v) is 7.29. The number of allylic oxidation sites excluding steroid dienone is 2. The van der Waals surface area contributed by atoms with Crippen molar-refractivity contribution >= 4 is 11.4 Å². The van der Waals surface area contributed by atoms with E-state index in [1.807, 2.05) is 6.07 Å². The number of rotatable bonds is 9. The first kappa shape index (κ1) is 31.7. The van der Waals surface area contributed by atoms with Gasteiger partial charge in [0.25, 0.3) is 0 Å². The molecule has 2 aromatic carbocycles. The number of hydrogen-bond acceptors (Lipinski definition) is 3. The van der Waals surface area contributed by atoms with Crippen molar-refractivity contribution in [3.63, 3.8) is 0 Å². The summed E-state index contributed by atoms with van der Waals surface area (Å²) in [6.45, 7) is 6.45. The Balaban J connectivity index is 0.000000926. The van der Waals surface area contributed by atoms with Crippen LogP contribution in [0.4, 0.5) is 17.6 Å². The highest BCUT2D eigenvalue weighted by atomic mass is 19.4. The molecule has 1 aliphatic rings. The molecule has 2 N–H and O–H groups in total. The maximum atomic E-state index is 14.3. The van der Waals surface area contributed by atoms with E-state index >= 15 is 0 Å². The van der Waals surface area contributed by atoms with Gasteiger partial charge in [-0.1, -0.05) is 37.3 Å². The van der Waals surface area contributed by atoms with E-state index < -0.39 is 11.7 Å². The summed E-state index contributed by atoms with van der Waals surface area (Å²) in [6.07, 6.45) is 2.76. The Kier molecular flexibility index (Phi) is 12.7. The highest BCUT2D eigenvalue weighted by molar-refractivity contribution is 6.21. The number of carbonyl (C=O) groups is 1. The Labute approximate surface area is 224 Å². The number of Topliss-reactive ketones (excluding diaryl/α,β-unsaturated/α-hetero) is 1. The first-order chi connectivity index (χ1) is 18.1. The van der Waals surface area contributed by atoms with Crippen LogP contribution in [0.1, 0.15) is 92.5 Å². The van der Waals surface area contributed by atoms with Crippen molar-refractivity contribution in [2.75, 3.05) is 13.7 Å². The molecule has 1 saturated carbocycles. The lowest BCUT2D eigenvalue weighted by Crippen LogP contribution is -2.16. The zero-order valence-electron chi connectivity index (χ0n) is 23.0. The van der Waals surface area contributed by atoms with Gasteiger partial charge in [0.15, 0.2) is 5.78 Å². The number of benzene rings is 2. The Hall–Kier alpha value is -2.51. The van der Waals surface area contributed by atoms with Crippen molar-refractivity contribution in [2.45, 2.75) is 84.4 Å². The highest BCUT2D eigenvalue weighted by Crippen LogP contribution is 2.39. The predicted molar refractivity (Wildman–Crippen MR) is 145 cm³/mol.